The van der Waals surface area contributed by atoms with E-state index in [4.69, 9.17) is 5.73 Å². The third-order valence-corrected chi connectivity index (χ3v) is 4.89. The SMILES string of the molecule is Cl.Cl.N[C@@H](Cc1cnc[nH]1)C(=O)N1CCc2[nH]nc(-c3ccccc3)c2CC1. The average molecular weight is 423 g/mol. The number of aromatic nitrogens is 4. The van der Waals surface area contributed by atoms with Crippen LogP contribution >= 0.6 is 24.8 Å². The zero-order valence-electron chi connectivity index (χ0n) is 15.3. The molecule has 150 valence electrons. The Balaban J connectivity index is 0.00000140. The van der Waals surface area contributed by atoms with Gasteiger partial charge in [-0.3, -0.25) is 9.89 Å². The minimum Gasteiger partial charge on any atom is -0.348 e. The number of hydrogen-bond donors (Lipinski definition) is 3. The van der Waals surface area contributed by atoms with Gasteiger partial charge in [0.15, 0.2) is 0 Å². The predicted octanol–water partition coefficient (Wildman–Crippen LogP) is 2.14. The Labute approximate surface area is 175 Å². The van der Waals surface area contributed by atoms with Crippen molar-refractivity contribution in [3.8, 4) is 11.3 Å². The summed E-state index contributed by atoms with van der Waals surface area (Å²) in [7, 11) is 0. The minimum absolute atomic E-state index is 0. The summed E-state index contributed by atoms with van der Waals surface area (Å²) in [6.45, 7) is 1.31. The summed E-state index contributed by atoms with van der Waals surface area (Å²) in [4.78, 5) is 21.6. The maximum absolute atomic E-state index is 12.7. The number of nitrogens with zero attached hydrogens (tertiary/aromatic N) is 3. The van der Waals surface area contributed by atoms with Crippen molar-refractivity contribution in [2.45, 2.75) is 25.3 Å². The number of benzene rings is 1. The van der Waals surface area contributed by atoms with Gasteiger partial charge in [-0.05, 0) is 6.42 Å². The summed E-state index contributed by atoms with van der Waals surface area (Å²) in [5.74, 6) is -0.0148. The van der Waals surface area contributed by atoms with Gasteiger partial charge >= 0.3 is 0 Å². The van der Waals surface area contributed by atoms with Crippen molar-refractivity contribution in [1.29, 1.82) is 0 Å². The highest BCUT2D eigenvalue weighted by Crippen LogP contribution is 2.26. The van der Waals surface area contributed by atoms with Crippen molar-refractivity contribution in [3.05, 3.63) is 59.8 Å². The van der Waals surface area contributed by atoms with Crippen LogP contribution in [0.3, 0.4) is 0 Å². The van der Waals surface area contributed by atoms with E-state index >= 15 is 0 Å². The normalized spacial score (nSPS) is 14.2. The first-order valence-electron chi connectivity index (χ1n) is 8.85. The van der Waals surface area contributed by atoms with E-state index in [1.807, 2.05) is 23.1 Å². The van der Waals surface area contributed by atoms with Crippen molar-refractivity contribution in [3.63, 3.8) is 0 Å². The third-order valence-electron chi connectivity index (χ3n) is 4.89. The molecule has 0 saturated heterocycles. The molecular formula is C19H24Cl2N6O. The topological polar surface area (TPSA) is 104 Å². The Kier molecular flexibility index (Phi) is 7.62. The number of imidazole rings is 1. The number of hydrogen-bond acceptors (Lipinski definition) is 4. The largest absolute Gasteiger partial charge is 0.348 e. The van der Waals surface area contributed by atoms with Crippen molar-refractivity contribution in [2.75, 3.05) is 13.1 Å². The molecule has 3 aromatic rings. The van der Waals surface area contributed by atoms with Crippen LogP contribution in [-0.4, -0.2) is 50.1 Å². The molecule has 1 aromatic carbocycles. The number of aromatic amines is 2. The summed E-state index contributed by atoms with van der Waals surface area (Å²) < 4.78 is 0. The fraction of sp³-hybridized carbons (Fsp3) is 0.316. The fourth-order valence-electron chi connectivity index (χ4n) is 3.49. The van der Waals surface area contributed by atoms with E-state index in [1.54, 1.807) is 12.5 Å². The van der Waals surface area contributed by atoms with E-state index in [0.717, 1.165) is 35.5 Å². The lowest BCUT2D eigenvalue weighted by Crippen LogP contribution is -2.46. The zero-order valence-corrected chi connectivity index (χ0v) is 16.9. The molecule has 0 saturated carbocycles. The van der Waals surface area contributed by atoms with E-state index in [9.17, 15) is 4.79 Å². The van der Waals surface area contributed by atoms with Crippen LogP contribution in [0.2, 0.25) is 0 Å². The predicted molar refractivity (Wildman–Crippen MR) is 113 cm³/mol. The molecule has 28 heavy (non-hydrogen) atoms. The molecule has 3 heterocycles. The van der Waals surface area contributed by atoms with Crippen LogP contribution in [-0.2, 0) is 24.1 Å². The Morgan fingerprint density at radius 1 is 1.18 bits per heavy atom. The highest BCUT2D eigenvalue weighted by molar-refractivity contribution is 5.85. The Morgan fingerprint density at radius 2 is 1.93 bits per heavy atom. The lowest BCUT2D eigenvalue weighted by molar-refractivity contribution is -0.132. The molecular weight excluding hydrogens is 399 g/mol. The van der Waals surface area contributed by atoms with E-state index < -0.39 is 6.04 Å². The van der Waals surface area contributed by atoms with E-state index in [1.165, 1.54) is 5.56 Å². The lowest BCUT2D eigenvalue weighted by atomic mass is 10.0. The summed E-state index contributed by atoms with van der Waals surface area (Å²) in [6, 6.07) is 9.58. The molecule has 4 rings (SSSR count). The van der Waals surface area contributed by atoms with Gasteiger partial charge in [0.2, 0.25) is 5.91 Å². The molecule has 9 heteroatoms. The first kappa shape index (κ1) is 21.9. The first-order chi connectivity index (χ1) is 12.7. The van der Waals surface area contributed by atoms with Crippen molar-refractivity contribution in [1.82, 2.24) is 25.1 Å². The number of rotatable bonds is 4. The van der Waals surface area contributed by atoms with Gasteiger partial charge in [-0.15, -0.1) is 24.8 Å². The number of fused-ring (bicyclic) bond motifs is 1. The molecule has 1 atom stereocenters. The van der Waals surface area contributed by atoms with Crippen LogP contribution in [0, 0.1) is 0 Å². The molecule has 4 N–H and O–H groups in total. The van der Waals surface area contributed by atoms with Crippen LogP contribution in [0.5, 0.6) is 0 Å². The van der Waals surface area contributed by atoms with E-state index in [-0.39, 0.29) is 30.7 Å². The Bertz CT molecular complexity index is 881. The molecule has 7 nitrogen and oxygen atoms in total. The van der Waals surface area contributed by atoms with Crippen LogP contribution in [0.1, 0.15) is 17.0 Å². The Hall–Kier alpha value is -2.35. The van der Waals surface area contributed by atoms with Gasteiger partial charge in [-0.1, -0.05) is 30.3 Å². The van der Waals surface area contributed by atoms with Gasteiger partial charge in [0.25, 0.3) is 0 Å². The second kappa shape index (κ2) is 9.73. The average Bonchev–Trinajstić information content (AvgIpc) is 3.27. The van der Waals surface area contributed by atoms with Crippen LogP contribution < -0.4 is 5.73 Å². The molecule has 1 aliphatic rings. The lowest BCUT2D eigenvalue weighted by Gasteiger charge is -2.23. The zero-order chi connectivity index (χ0) is 17.9. The Morgan fingerprint density at radius 3 is 2.64 bits per heavy atom. The van der Waals surface area contributed by atoms with Gasteiger partial charge in [0, 0.05) is 54.6 Å². The van der Waals surface area contributed by atoms with Gasteiger partial charge in [-0.25, -0.2) is 4.98 Å². The number of carbonyl (C=O) groups excluding carboxylic acids is 1. The van der Waals surface area contributed by atoms with Crippen LogP contribution in [0.25, 0.3) is 11.3 Å². The second-order valence-electron chi connectivity index (χ2n) is 6.61. The minimum atomic E-state index is -0.557. The van der Waals surface area contributed by atoms with Crippen LogP contribution in [0.15, 0.2) is 42.9 Å². The fourth-order valence-corrected chi connectivity index (χ4v) is 3.49. The van der Waals surface area contributed by atoms with Gasteiger partial charge in [0.05, 0.1) is 18.1 Å². The van der Waals surface area contributed by atoms with E-state index in [0.29, 0.717) is 19.5 Å². The summed E-state index contributed by atoms with van der Waals surface area (Å²) >= 11 is 0. The number of nitrogens with two attached hydrogens (primary N) is 1. The molecule has 0 bridgehead atoms. The summed E-state index contributed by atoms with van der Waals surface area (Å²) in [6.07, 6.45) is 5.31. The second-order valence-corrected chi connectivity index (χ2v) is 6.61. The van der Waals surface area contributed by atoms with Crippen LogP contribution in [0.4, 0.5) is 0 Å². The molecule has 0 fully saturated rings. The molecule has 0 spiro atoms. The molecule has 0 unspecified atom stereocenters. The molecule has 1 aliphatic heterocycles. The quantitative estimate of drug-likeness (QED) is 0.598. The maximum Gasteiger partial charge on any atom is 0.239 e. The highest BCUT2D eigenvalue weighted by Gasteiger charge is 2.26. The first-order valence-corrected chi connectivity index (χ1v) is 8.85. The van der Waals surface area contributed by atoms with Gasteiger partial charge in [0.1, 0.15) is 0 Å². The molecule has 1 amide bonds. The highest BCUT2D eigenvalue weighted by atomic mass is 35.5. The number of halogens is 2. The number of nitrogens with one attached hydrogen (secondary N) is 2. The van der Waals surface area contributed by atoms with Gasteiger partial charge < -0.3 is 15.6 Å². The molecule has 0 radical (unpaired) electrons. The maximum atomic E-state index is 12.7. The van der Waals surface area contributed by atoms with Gasteiger partial charge in [-0.2, -0.15) is 5.10 Å². The molecule has 2 aromatic heterocycles. The number of H-pyrrole nitrogens is 2. The van der Waals surface area contributed by atoms with Crippen molar-refractivity contribution in [2.24, 2.45) is 5.73 Å². The standard InChI is InChI=1S/C19H22N6O.2ClH/c20-16(10-14-11-21-12-22-14)19(26)25-8-6-15-17(7-9-25)23-24-18(15)13-4-2-1-3-5-13;;/h1-5,11-12,16H,6-10,20H2,(H,21,22)(H,23,24);2*1H/t16-;;/m0../s1. The smallest absolute Gasteiger partial charge is 0.239 e. The monoisotopic (exact) mass is 422 g/mol. The third kappa shape index (κ3) is 4.55. The number of amides is 1. The summed E-state index contributed by atoms with van der Waals surface area (Å²) in [5, 5.41) is 7.66. The summed E-state index contributed by atoms with van der Waals surface area (Å²) in [5.41, 5.74) is 11.4. The van der Waals surface area contributed by atoms with E-state index in [2.05, 4.69) is 32.3 Å². The molecule has 0 aliphatic carbocycles. The van der Waals surface area contributed by atoms with Crippen molar-refractivity contribution >= 4 is 30.7 Å². The van der Waals surface area contributed by atoms with Crippen molar-refractivity contribution < 1.29 is 4.79 Å². The number of carbonyl (C=O) groups is 1.